The summed E-state index contributed by atoms with van der Waals surface area (Å²) in [4.78, 5) is 8.16. The average Bonchev–Trinajstić information content (AvgIpc) is 2.19. The highest BCUT2D eigenvalue weighted by Gasteiger charge is 1.99. The van der Waals surface area contributed by atoms with Gasteiger partial charge in [0.05, 0.1) is 12.5 Å². The Hall–Kier alpha value is -1.66. The Morgan fingerprint density at radius 2 is 2.29 bits per heavy atom. The first-order valence-corrected chi connectivity index (χ1v) is 4.45. The number of halogens is 1. The van der Waals surface area contributed by atoms with Gasteiger partial charge in [-0.1, -0.05) is 11.6 Å². The van der Waals surface area contributed by atoms with E-state index in [9.17, 15) is 0 Å². The van der Waals surface area contributed by atoms with Crippen LogP contribution < -0.4 is 0 Å². The van der Waals surface area contributed by atoms with Gasteiger partial charge in [0.2, 0.25) is 0 Å². The molecule has 0 spiro atoms. The molecule has 0 aliphatic carbocycles. The Morgan fingerprint density at radius 1 is 1.43 bits per heavy atom. The van der Waals surface area contributed by atoms with Crippen LogP contribution in [0.1, 0.15) is 5.56 Å². The molecule has 0 aromatic carbocycles. The smallest absolute Gasteiger partial charge is 0.160 e. The van der Waals surface area contributed by atoms with Crippen LogP contribution in [-0.2, 0) is 6.42 Å². The Morgan fingerprint density at radius 3 is 3.07 bits per heavy atom. The van der Waals surface area contributed by atoms with Crippen LogP contribution in [0.2, 0.25) is 5.15 Å². The fourth-order valence-corrected chi connectivity index (χ4v) is 1.36. The third kappa shape index (κ3) is 1.66. The summed E-state index contributed by atoms with van der Waals surface area (Å²) >= 11 is 5.72. The predicted octanol–water partition coefficient (Wildman–Crippen LogP) is 2.35. The van der Waals surface area contributed by atoms with Crippen molar-refractivity contribution >= 4 is 22.6 Å². The average molecular weight is 204 g/mol. The van der Waals surface area contributed by atoms with Crippen LogP contribution in [0.4, 0.5) is 0 Å². The Balaban J connectivity index is 2.57. The lowest BCUT2D eigenvalue weighted by atomic mass is 10.2. The molecule has 0 saturated heterocycles. The number of aromatic nitrogens is 2. The summed E-state index contributed by atoms with van der Waals surface area (Å²) in [6.45, 7) is 0. The molecule has 0 atom stereocenters. The van der Waals surface area contributed by atoms with Gasteiger partial charge in [-0.3, -0.25) is 0 Å². The minimum Gasteiger partial charge on any atom is -0.236 e. The van der Waals surface area contributed by atoms with Crippen LogP contribution in [0, 0.1) is 11.3 Å². The van der Waals surface area contributed by atoms with Crippen molar-refractivity contribution in [2.75, 3.05) is 0 Å². The second-order valence-electron chi connectivity index (χ2n) is 2.86. The monoisotopic (exact) mass is 203 g/mol. The quantitative estimate of drug-likeness (QED) is 0.669. The van der Waals surface area contributed by atoms with Crippen LogP contribution in [0.5, 0.6) is 0 Å². The molecule has 3 nitrogen and oxygen atoms in total. The molecule has 0 amide bonds. The highest BCUT2D eigenvalue weighted by Crippen LogP contribution is 2.14. The molecular formula is C10H6ClN3. The van der Waals surface area contributed by atoms with Crippen molar-refractivity contribution in [2.24, 2.45) is 0 Å². The van der Waals surface area contributed by atoms with Gasteiger partial charge >= 0.3 is 0 Å². The van der Waals surface area contributed by atoms with E-state index in [1.807, 2.05) is 12.1 Å². The van der Waals surface area contributed by atoms with Gasteiger partial charge in [-0.15, -0.1) is 0 Å². The van der Waals surface area contributed by atoms with Gasteiger partial charge in [0.25, 0.3) is 0 Å². The molecule has 0 fully saturated rings. The number of nitriles is 1. The van der Waals surface area contributed by atoms with Gasteiger partial charge in [0, 0.05) is 11.6 Å². The second kappa shape index (κ2) is 3.60. The normalized spacial score (nSPS) is 10.0. The van der Waals surface area contributed by atoms with Gasteiger partial charge in [-0.05, 0) is 23.8 Å². The van der Waals surface area contributed by atoms with E-state index in [1.165, 1.54) is 0 Å². The maximum absolute atomic E-state index is 8.52. The van der Waals surface area contributed by atoms with Crippen molar-refractivity contribution in [2.45, 2.75) is 6.42 Å². The first-order valence-electron chi connectivity index (χ1n) is 4.08. The van der Waals surface area contributed by atoms with Crippen molar-refractivity contribution < 1.29 is 0 Å². The minimum atomic E-state index is 0.367. The molecule has 0 bridgehead atoms. The van der Waals surface area contributed by atoms with E-state index in [4.69, 9.17) is 16.9 Å². The molecule has 2 heterocycles. The number of nitrogens with zero attached hydrogens (tertiary/aromatic N) is 3. The summed E-state index contributed by atoms with van der Waals surface area (Å²) in [7, 11) is 0. The molecule has 2 rings (SSSR count). The molecular weight excluding hydrogens is 198 g/mol. The fourth-order valence-electron chi connectivity index (χ4n) is 1.22. The highest BCUT2D eigenvalue weighted by molar-refractivity contribution is 6.29. The third-order valence-corrected chi connectivity index (χ3v) is 2.06. The lowest BCUT2D eigenvalue weighted by Gasteiger charge is -1.98. The first kappa shape index (κ1) is 8.92. The summed E-state index contributed by atoms with van der Waals surface area (Å²) in [6.07, 6.45) is 2.01. The number of pyridine rings is 2. The van der Waals surface area contributed by atoms with Crippen molar-refractivity contribution in [1.29, 1.82) is 5.26 Å². The molecule has 2 aromatic rings. The second-order valence-corrected chi connectivity index (χ2v) is 3.25. The number of fused-ring (bicyclic) bond motifs is 1. The molecule has 4 heteroatoms. The summed E-state index contributed by atoms with van der Waals surface area (Å²) in [6, 6.07) is 7.53. The summed E-state index contributed by atoms with van der Waals surface area (Å²) < 4.78 is 0. The van der Waals surface area contributed by atoms with Gasteiger partial charge in [0.15, 0.2) is 5.65 Å². The summed E-state index contributed by atoms with van der Waals surface area (Å²) in [5, 5.41) is 9.85. The van der Waals surface area contributed by atoms with Gasteiger partial charge in [-0.25, -0.2) is 9.97 Å². The molecule has 68 valence electrons. The standard InChI is InChI=1S/C10H6ClN3/c11-9-2-1-8-5-7(3-4-12)6-13-10(8)14-9/h1-2,5-6H,3H2. The topological polar surface area (TPSA) is 49.6 Å². The number of rotatable bonds is 1. The van der Waals surface area contributed by atoms with E-state index < -0.39 is 0 Å². The molecule has 0 aliphatic rings. The van der Waals surface area contributed by atoms with Crippen molar-refractivity contribution in [3.63, 3.8) is 0 Å². The van der Waals surface area contributed by atoms with E-state index >= 15 is 0 Å². The molecule has 0 radical (unpaired) electrons. The van der Waals surface area contributed by atoms with Crippen LogP contribution in [-0.4, -0.2) is 9.97 Å². The Kier molecular flexibility index (Phi) is 2.30. The molecule has 0 N–H and O–H groups in total. The molecule has 14 heavy (non-hydrogen) atoms. The molecule has 0 unspecified atom stereocenters. The van der Waals surface area contributed by atoms with E-state index in [-0.39, 0.29) is 0 Å². The van der Waals surface area contributed by atoms with Crippen molar-refractivity contribution in [1.82, 2.24) is 9.97 Å². The van der Waals surface area contributed by atoms with Crippen LogP contribution in [0.3, 0.4) is 0 Å². The minimum absolute atomic E-state index is 0.367. The van der Waals surface area contributed by atoms with Crippen LogP contribution >= 0.6 is 11.6 Å². The Labute approximate surface area is 86.0 Å². The molecule has 0 aliphatic heterocycles. The zero-order chi connectivity index (χ0) is 9.97. The van der Waals surface area contributed by atoms with Crippen molar-refractivity contribution in [3.05, 3.63) is 35.1 Å². The lowest BCUT2D eigenvalue weighted by molar-refractivity contribution is 1.20. The largest absolute Gasteiger partial charge is 0.236 e. The van der Waals surface area contributed by atoms with Crippen molar-refractivity contribution in [3.8, 4) is 6.07 Å². The molecule has 0 saturated carbocycles. The predicted molar refractivity (Wildman–Crippen MR) is 53.9 cm³/mol. The first-order chi connectivity index (χ1) is 6.79. The van der Waals surface area contributed by atoms with Gasteiger partial charge in [0.1, 0.15) is 5.15 Å². The van der Waals surface area contributed by atoms with E-state index in [0.717, 1.165) is 10.9 Å². The fraction of sp³-hybridized carbons (Fsp3) is 0.100. The maximum Gasteiger partial charge on any atom is 0.160 e. The van der Waals surface area contributed by atoms with Gasteiger partial charge < -0.3 is 0 Å². The van der Waals surface area contributed by atoms with E-state index in [2.05, 4.69) is 16.0 Å². The lowest BCUT2D eigenvalue weighted by Crippen LogP contribution is -1.88. The molecule has 2 aromatic heterocycles. The highest BCUT2D eigenvalue weighted by atomic mass is 35.5. The summed E-state index contributed by atoms with van der Waals surface area (Å²) in [5.41, 5.74) is 1.50. The third-order valence-electron chi connectivity index (χ3n) is 1.85. The maximum atomic E-state index is 8.52. The zero-order valence-electron chi connectivity index (χ0n) is 7.24. The van der Waals surface area contributed by atoms with Crippen LogP contribution in [0.25, 0.3) is 11.0 Å². The Bertz CT molecular complexity index is 516. The zero-order valence-corrected chi connectivity index (χ0v) is 7.99. The van der Waals surface area contributed by atoms with E-state index in [0.29, 0.717) is 17.2 Å². The van der Waals surface area contributed by atoms with Gasteiger partial charge in [-0.2, -0.15) is 5.26 Å². The SMILES string of the molecule is N#CCc1cnc2nc(Cl)ccc2c1. The number of hydrogen-bond donors (Lipinski definition) is 0. The number of hydrogen-bond acceptors (Lipinski definition) is 3. The van der Waals surface area contributed by atoms with E-state index in [1.54, 1.807) is 12.3 Å². The summed E-state index contributed by atoms with van der Waals surface area (Å²) in [5.74, 6) is 0. The van der Waals surface area contributed by atoms with Crippen LogP contribution in [0.15, 0.2) is 24.4 Å².